The molecule has 2 aliphatic rings. The van der Waals surface area contributed by atoms with E-state index in [1.165, 1.54) is 19.3 Å². The molecule has 0 spiro atoms. The van der Waals surface area contributed by atoms with Crippen molar-refractivity contribution in [3.63, 3.8) is 0 Å². The fourth-order valence-corrected chi connectivity index (χ4v) is 3.99. The molecule has 0 aromatic heterocycles. The maximum atomic E-state index is 11.2. The van der Waals surface area contributed by atoms with Crippen molar-refractivity contribution in [2.45, 2.75) is 63.1 Å². The third kappa shape index (κ3) is 3.36. The van der Waals surface area contributed by atoms with Crippen LogP contribution in [-0.4, -0.2) is 60.3 Å². The molecule has 114 valence electrons. The number of fused-ring (bicyclic) bond motifs is 1. The van der Waals surface area contributed by atoms with E-state index in [0.29, 0.717) is 24.4 Å². The summed E-state index contributed by atoms with van der Waals surface area (Å²) in [6, 6.07) is 1.00. The normalized spacial score (nSPS) is 38.2. The monoisotopic (exact) mass is 278 g/mol. The molecule has 1 aliphatic carbocycles. The van der Waals surface area contributed by atoms with Crippen LogP contribution in [0.4, 0.5) is 0 Å². The van der Waals surface area contributed by atoms with Gasteiger partial charge in [0.1, 0.15) is 0 Å². The largest absolute Gasteiger partial charge is 0.388 e. The molecule has 3 nitrogen and oxygen atoms in total. The van der Waals surface area contributed by atoms with Crippen molar-refractivity contribution in [2.75, 3.05) is 27.7 Å². The van der Waals surface area contributed by atoms with E-state index in [-0.39, 0.29) is 0 Å². The van der Waals surface area contributed by atoms with Crippen LogP contribution >= 0.6 is 0 Å². The minimum absolute atomic E-state index is 0.408. The second-order valence-corrected chi connectivity index (χ2v) is 7.05. The Hall–Kier alpha value is -0.560. The maximum Gasteiger partial charge on any atom is 0.0814 e. The minimum atomic E-state index is -0.573. The van der Waals surface area contributed by atoms with Crippen LogP contribution in [0.3, 0.4) is 0 Å². The first kappa shape index (κ1) is 15.8. The van der Waals surface area contributed by atoms with Crippen molar-refractivity contribution in [1.29, 1.82) is 0 Å². The smallest absolute Gasteiger partial charge is 0.0814 e. The van der Waals surface area contributed by atoms with Crippen LogP contribution in [0.5, 0.6) is 0 Å². The third-order valence-electron chi connectivity index (χ3n) is 5.20. The van der Waals surface area contributed by atoms with Crippen molar-refractivity contribution in [3.8, 4) is 11.8 Å². The predicted molar refractivity (Wildman–Crippen MR) is 83.5 cm³/mol. The van der Waals surface area contributed by atoms with Crippen LogP contribution in [0.25, 0.3) is 0 Å². The summed E-state index contributed by atoms with van der Waals surface area (Å²) in [4.78, 5) is 4.56. The molecule has 0 amide bonds. The lowest BCUT2D eigenvalue weighted by Crippen LogP contribution is -2.60. The lowest BCUT2D eigenvalue weighted by molar-refractivity contribution is -0.123. The fourth-order valence-electron chi connectivity index (χ4n) is 3.99. The van der Waals surface area contributed by atoms with Gasteiger partial charge in [-0.2, -0.15) is 0 Å². The summed E-state index contributed by atoms with van der Waals surface area (Å²) in [5, 5.41) is 11.2. The van der Waals surface area contributed by atoms with E-state index in [4.69, 9.17) is 0 Å². The standard InChI is InChI=1S/C17H30N2O/c1-14-13-17(20,11-7-8-12-18(2)3)15-9-5-6-10-16(15)19(14)4/h14-16,20H,5-6,9-13H2,1-4H3/t14-,15-,16-,17+/m0/s1. The lowest BCUT2D eigenvalue weighted by atomic mass is 9.66. The summed E-state index contributed by atoms with van der Waals surface area (Å²) < 4.78 is 0. The van der Waals surface area contributed by atoms with Crippen LogP contribution in [0.2, 0.25) is 0 Å². The summed E-state index contributed by atoms with van der Waals surface area (Å²) >= 11 is 0. The van der Waals surface area contributed by atoms with Gasteiger partial charge in [0, 0.05) is 24.4 Å². The molecule has 0 aromatic carbocycles. The molecular weight excluding hydrogens is 248 g/mol. The van der Waals surface area contributed by atoms with E-state index in [9.17, 15) is 5.11 Å². The first-order valence-electron chi connectivity index (χ1n) is 7.99. The van der Waals surface area contributed by atoms with E-state index in [2.05, 4.69) is 35.6 Å². The second-order valence-electron chi connectivity index (χ2n) is 7.05. The average molecular weight is 278 g/mol. The van der Waals surface area contributed by atoms with Crippen molar-refractivity contribution in [3.05, 3.63) is 0 Å². The first-order valence-corrected chi connectivity index (χ1v) is 7.99. The van der Waals surface area contributed by atoms with Crippen LogP contribution in [0.1, 0.15) is 45.4 Å². The molecule has 4 atom stereocenters. The van der Waals surface area contributed by atoms with Gasteiger partial charge < -0.3 is 10.0 Å². The Morgan fingerprint density at radius 1 is 1.25 bits per heavy atom. The number of likely N-dealkylation sites (tertiary alicyclic amines) is 1. The van der Waals surface area contributed by atoms with Gasteiger partial charge in [-0.25, -0.2) is 0 Å². The second kappa shape index (κ2) is 6.47. The minimum Gasteiger partial charge on any atom is -0.388 e. The number of hydrogen-bond acceptors (Lipinski definition) is 3. The van der Waals surface area contributed by atoms with Crippen LogP contribution in [-0.2, 0) is 0 Å². The Labute approximate surface area is 124 Å². The molecule has 0 bridgehead atoms. The molecule has 20 heavy (non-hydrogen) atoms. The Bertz CT molecular complexity index is 384. The van der Waals surface area contributed by atoms with Crippen molar-refractivity contribution < 1.29 is 5.11 Å². The van der Waals surface area contributed by atoms with Gasteiger partial charge in [-0.3, -0.25) is 4.90 Å². The van der Waals surface area contributed by atoms with Gasteiger partial charge in [0.25, 0.3) is 0 Å². The van der Waals surface area contributed by atoms with E-state index in [0.717, 1.165) is 19.4 Å². The lowest BCUT2D eigenvalue weighted by Gasteiger charge is -2.53. The molecule has 1 saturated carbocycles. The molecule has 1 heterocycles. The number of rotatable bonds is 2. The molecule has 1 saturated heterocycles. The molecular formula is C17H30N2O. The predicted octanol–water partition coefficient (Wildman–Crippen LogP) is 1.96. The van der Waals surface area contributed by atoms with E-state index < -0.39 is 5.60 Å². The number of hydrogen-bond donors (Lipinski definition) is 1. The SMILES string of the molecule is C[C@H]1C[C@](O)(CC#CCN(C)C)[C@H]2CCCC[C@@H]2N1C. The molecule has 1 N–H and O–H groups in total. The Morgan fingerprint density at radius 3 is 2.65 bits per heavy atom. The first-order chi connectivity index (χ1) is 9.44. The van der Waals surface area contributed by atoms with E-state index >= 15 is 0 Å². The van der Waals surface area contributed by atoms with Crippen molar-refractivity contribution >= 4 is 0 Å². The molecule has 3 heteroatoms. The Balaban J connectivity index is 2.08. The highest BCUT2D eigenvalue weighted by Gasteiger charge is 2.49. The number of nitrogens with zero attached hydrogens (tertiary/aromatic N) is 2. The zero-order valence-electron chi connectivity index (χ0n) is 13.5. The van der Waals surface area contributed by atoms with Gasteiger partial charge in [-0.15, -0.1) is 0 Å². The van der Waals surface area contributed by atoms with Crippen molar-refractivity contribution in [2.24, 2.45) is 5.92 Å². The zero-order valence-corrected chi connectivity index (χ0v) is 13.5. The van der Waals surface area contributed by atoms with Gasteiger partial charge in [0.05, 0.1) is 12.1 Å². The molecule has 2 fully saturated rings. The molecule has 0 aromatic rings. The van der Waals surface area contributed by atoms with Gasteiger partial charge in [-0.1, -0.05) is 24.7 Å². The quantitative estimate of drug-likeness (QED) is 0.782. The zero-order chi connectivity index (χ0) is 14.8. The third-order valence-corrected chi connectivity index (χ3v) is 5.20. The van der Waals surface area contributed by atoms with Gasteiger partial charge in [0.2, 0.25) is 0 Å². The summed E-state index contributed by atoms with van der Waals surface area (Å²) in [6.07, 6.45) is 6.46. The van der Waals surface area contributed by atoms with Gasteiger partial charge >= 0.3 is 0 Å². The van der Waals surface area contributed by atoms with Crippen LogP contribution in [0.15, 0.2) is 0 Å². The van der Waals surface area contributed by atoms with Crippen molar-refractivity contribution in [1.82, 2.24) is 9.80 Å². The summed E-state index contributed by atoms with van der Waals surface area (Å²) in [5.74, 6) is 6.82. The molecule has 2 rings (SSSR count). The summed E-state index contributed by atoms with van der Waals surface area (Å²) in [6.45, 7) is 3.02. The molecule has 1 aliphatic heterocycles. The molecule has 0 unspecified atom stereocenters. The van der Waals surface area contributed by atoms with E-state index in [1.54, 1.807) is 0 Å². The Kier molecular flexibility index (Phi) is 5.12. The highest BCUT2D eigenvalue weighted by Crippen LogP contribution is 2.44. The molecule has 0 radical (unpaired) electrons. The van der Waals surface area contributed by atoms with E-state index in [1.807, 2.05) is 14.1 Å². The van der Waals surface area contributed by atoms with Gasteiger partial charge in [-0.05, 0) is 47.3 Å². The maximum absolute atomic E-state index is 11.2. The van der Waals surface area contributed by atoms with Crippen LogP contribution in [0, 0.1) is 17.8 Å². The topological polar surface area (TPSA) is 26.7 Å². The fraction of sp³-hybridized carbons (Fsp3) is 0.882. The summed E-state index contributed by atoms with van der Waals surface area (Å²) in [5.41, 5.74) is -0.573. The van der Waals surface area contributed by atoms with Crippen LogP contribution < -0.4 is 0 Å². The van der Waals surface area contributed by atoms with Gasteiger partial charge in [0.15, 0.2) is 0 Å². The number of aliphatic hydroxyl groups is 1. The number of piperidine rings is 1. The highest BCUT2D eigenvalue weighted by atomic mass is 16.3. The summed E-state index contributed by atoms with van der Waals surface area (Å²) in [7, 11) is 6.28. The average Bonchev–Trinajstić information content (AvgIpc) is 2.41. The Morgan fingerprint density at radius 2 is 1.95 bits per heavy atom. The highest BCUT2D eigenvalue weighted by molar-refractivity contribution is 5.11.